The van der Waals surface area contributed by atoms with Crippen molar-refractivity contribution in [2.24, 2.45) is 7.05 Å². The number of amides is 3. The van der Waals surface area contributed by atoms with E-state index in [1.807, 2.05) is 6.92 Å². The minimum atomic E-state index is -1.65. The summed E-state index contributed by atoms with van der Waals surface area (Å²) in [6, 6.07) is 8.63. The molecule has 2 aromatic rings. The van der Waals surface area contributed by atoms with Crippen LogP contribution in [0.3, 0.4) is 0 Å². The Morgan fingerprint density at radius 3 is 2.68 bits per heavy atom. The first-order valence-electron chi connectivity index (χ1n) is 8.98. The summed E-state index contributed by atoms with van der Waals surface area (Å²) in [6.45, 7) is 3.94. The summed E-state index contributed by atoms with van der Waals surface area (Å²) in [6.07, 6.45) is 0.498. The number of anilines is 1. The van der Waals surface area contributed by atoms with Crippen LogP contribution in [-0.4, -0.2) is 46.2 Å². The highest BCUT2D eigenvalue weighted by Crippen LogP contribution is 2.33. The molecule has 3 amide bonds. The third-order valence-electron chi connectivity index (χ3n) is 4.59. The van der Waals surface area contributed by atoms with Gasteiger partial charge in [-0.3, -0.25) is 19.1 Å². The van der Waals surface area contributed by atoms with Crippen molar-refractivity contribution in [1.29, 1.82) is 0 Å². The molecular formula is C19H23N5O4. The molecule has 3 rings (SSSR count). The molecule has 28 heavy (non-hydrogen) atoms. The molecule has 0 aliphatic carbocycles. The quantitative estimate of drug-likeness (QED) is 0.502. The molecule has 0 saturated heterocycles. The molecule has 9 nitrogen and oxygen atoms in total. The van der Waals surface area contributed by atoms with Crippen molar-refractivity contribution in [2.75, 3.05) is 18.4 Å². The summed E-state index contributed by atoms with van der Waals surface area (Å²) in [5.74, 6) is -0.889. The van der Waals surface area contributed by atoms with Crippen LogP contribution in [0.1, 0.15) is 29.5 Å². The van der Waals surface area contributed by atoms with Crippen molar-refractivity contribution in [3.63, 3.8) is 0 Å². The maximum atomic E-state index is 12.5. The van der Waals surface area contributed by atoms with Gasteiger partial charge in [-0.1, -0.05) is 12.1 Å². The SMILES string of the molecule is Cc1cc(C(=O)NCCCNC(=O)C2(C)Oc3ccccc3NC2=O)nn1C. The Morgan fingerprint density at radius 1 is 1.25 bits per heavy atom. The molecule has 0 fully saturated rings. The van der Waals surface area contributed by atoms with Gasteiger partial charge in [0.25, 0.3) is 23.3 Å². The largest absolute Gasteiger partial charge is 0.466 e. The number of carbonyl (C=O) groups excluding carboxylic acids is 3. The predicted octanol–water partition coefficient (Wildman–Crippen LogP) is 0.754. The molecule has 1 aromatic heterocycles. The van der Waals surface area contributed by atoms with Gasteiger partial charge in [0.15, 0.2) is 0 Å². The van der Waals surface area contributed by atoms with Crippen LogP contribution < -0.4 is 20.7 Å². The van der Waals surface area contributed by atoms with Crippen LogP contribution >= 0.6 is 0 Å². The van der Waals surface area contributed by atoms with E-state index in [2.05, 4.69) is 21.0 Å². The van der Waals surface area contributed by atoms with E-state index in [0.717, 1.165) is 5.69 Å². The van der Waals surface area contributed by atoms with Crippen LogP contribution in [0.15, 0.2) is 30.3 Å². The number of fused-ring (bicyclic) bond motifs is 1. The van der Waals surface area contributed by atoms with Gasteiger partial charge in [0.05, 0.1) is 5.69 Å². The topological polar surface area (TPSA) is 114 Å². The number of hydrogen-bond donors (Lipinski definition) is 3. The van der Waals surface area contributed by atoms with Gasteiger partial charge in [-0.05, 0) is 38.5 Å². The van der Waals surface area contributed by atoms with Gasteiger partial charge in [-0.2, -0.15) is 5.10 Å². The number of rotatable bonds is 6. The zero-order chi connectivity index (χ0) is 20.3. The van der Waals surface area contributed by atoms with Crippen LogP contribution in [0.5, 0.6) is 5.75 Å². The standard InChI is InChI=1S/C19H23N5O4/c1-12-11-14(23-24(12)3)16(25)20-9-6-10-21-17(26)19(2)18(27)22-13-7-4-5-8-15(13)28-19/h4-5,7-8,11H,6,9-10H2,1-3H3,(H,20,25)(H,21,26)(H,22,27). The minimum absolute atomic E-state index is 0.270. The van der Waals surface area contributed by atoms with Gasteiger partial charge in [0.2, 0.25) is 0 Å². The molecule has 0 saturated carbocycles. The molecule has 148 valence electrons. The molecule has 0 bridgehead atoms. The summed E-state index contributed by atoms with van der Waals surface area (Å²) in [5, 5.41) is 12.2. The fourth-order valence-corrected chi connectivity index (χ4v) is 2.74. The number of carbonyl (C=O) groups is 3. The monoisotopic (exact) mass is 385 g/mol. The average Bonchev–Trinajstić information content (AvgIpc) is 3.01. The molecule has 1 aliphatic heterocycles. The Balaban J connectivity index is 1.46. The van der Waals surface area contributed by atoms with E-state index in [0.29, 0.717) is 30.1 Å². The van der Waals surface area contributed by atoms with Gasteiger partial charge >= 0.3 is 0 Å². The first kappa shape index (κ1) is 19.4. The van der Waals surface area contributed by atoms with Crippen LogP contribution in [0, 0.1) is 6.92 Å². The number of para-hydroxylation sites is 2. The maximum absolute atomic E-state index is 12.5. The second kappa shape index (κ2) is 7.71. The van der Waals surface area contributed by atoms with E-state index in [1.54, 1.807) is 42.1 Å². The Hall–Kier alpha value is -3.36. The zero-order valence-electron chi connectivity index (χ0n) is 16.0. The first-order chi connectivity index (χ1) is 13.3. The summed E-state index contributed by atoms with van der Waals surface area (Å²) >= 11 is 0. The third-order valence-corrected chi connectivity index (χ3v) is 4.59. The second-order valence-corrected chi connectivity index (χ2v) is 6.75. The van der Waals surface area contributed by atoms with Crippen LogP contribution in [0.4, 0.5) is 5.69 Å². The Morgan fingerprint density at radius 2 is 1.96 bits per heavy atom. The molecule has 0 radical (unpaired) electrons. The number of nitrogens with zero attached hydrogens (tertiary/aromatic N) is 2. The van der Waals surface area contributed by atoms with Crippen molar-refractivity contribution in [3.05, 3.63) is 41.7 Å². The fraction of sp³-hybridized carbons (Fsp3) is 0.368. The van der Waals surface area contributed by atoms with Gasteiger partial charge in [0.1, 0.15) is 11.4 Å². The summed E-state index contributed by atoms with van der Waals surface area (Å²) in [5.41, 5.74) is 0.119. The lowest BCUT2D eigenvalue weighted by molar-refractivity contribution is -0.146. The van der Waals surface area contributed by atoms with E-state index in [9.17, 15) is 14.4 Å². The average molecular weight is 385 g/mol. The van der Waals surface area contributed by atoms with E-state index < -0.39 is 17.4 Å². The molecule has 1 aliphatic rings. The number of hydrogen-bond acceptors (Lipinski definition) is 5. The second-order valence-electron chi connectivity index (χ2n) is 6.75. The van der Waals surface area contributed by atoms with Crippen molar-refractivity contribution < 1.29 is 19.1 Å². The van der Waals surface area contributed by atoms with E-state index in [-0.39, 0.29) is 12.5 Å². The molecule has 0 spiro atoms. The van der Waals surface area contributed by atoms with E-state index >= 15 is 0 Å². The number of aromatic nitrogens is 2. The number of nitrogens with one attached hydrogen (secondary N) is 3. The van der Waals surface area contributed by atoms with Crippen molar-refractivity contribution in [3.8, 4) is 5.75 Å². The van der Waals surface area contributed by atoms with Gasteiger partial charge < -0.3 is 20.7 Å². The molecule has 1 unspecified atom stereocenters. The van der Waals surface area contributed by atoms with Crippen LogP contribution in [-0.2, 0) is 16.6 Å². The van der Waals surface area contributed by atoms with Crippen LogP contribution in [0.2, 0.25) is 0 Å². The fourth-order valence-electron chi connectivity index (χ4n) is 2.74. The first-order valence-corrected chi connectivity index (χ1v) is 8.98. The van der Waals surface area contributed by atoms with E-state index in [1.165, 1.54) is 6.92 Å². The lowest BCUT2D eigenvalue weighted by Crippen LogP contribution is -2.58. The number of ether oxygens (including phenoxy) is 1. The minimum Gasteiger partial charge on any atom is -0.466 e. The van der Waals surface area contributed by atoms with Crippen LogP contribution in [0.25, 0.3) is 0 Å². The summed E-state index contributed by atoms with van der Waals surface area (Å²) in [7, 11) is 1.77. The normalized spacial score (nSPS) is 17.9. The summed E-state index contributed by atoms with van der Waals surface area (Å²) in [4.78, 5) is 36.8. The third kappa shape index (κ3) is 3.83. The molecule has 1 atom stereocenters. The highest BCUT2D eigenvalue weighted by atomic mass is 16.5. The molecule has 2 heterocycles. The molecule has 1 aromatic carbocycles. The van der Waals surface area contributed by atoms with Gasteiger partial charge in [-0.15, -0.1) is 0 Å². The maximum Gasteiger partial charge on any atom is 0.278 e. The van der Waals surface area contributed by atoms with Crippen molar-refractivity contribution in [1.82, 2.24) is 20.4 Å². The lowest BCUT2D eigenvalue weighted by Gasteiger charge is -2.33. The zero-order valence-corrected chi connectivity index (χ0v) is 16.0. The predicted molar refractivity (Wildman–Crippen MR) is 102 cm³/mol. The molecular weight excluding hydrogens is 362 g/mol. The smallest absolute Gasteiger partial charge is 0.278 e. The van der Waals surface area contributed by atoms with Crippen molar-refractivity contribution in [2.45, 2.75) is 25.9 Å². The number of aryl methyl sites for hydroxylation is 2. The molecule has 9 heteroatoms. The Labute approximate surface area is 162 Å². The number of benzene rings is 1. The highest BCUT2D eigenvalue weighted by molar-refractivity contribution is 6.15. The lowest BCUT2D eigenvalue weighted by atomic mass is 10.0. The van der Waals surface area contributed by atoms with Crippen molar-refractivity contribution >= 4 is 23.4 Å². The van der Waals surface area contributed by atoms with Gasteiger partial charge in [-0.25, -0.2) is 0 Å². The highest BCUT2D eigenvalue weighted by Gasteiger charge is 2.46. The van der Waals surface area contributed by atoms with Gasteiger partial charge in [0, 0.05) is 25.8 Å². The Bertz CT molecular complexity index is 903. The molecule has 3 N–H and O–H groups in total. The van der Waals surface area contributed by atoms with E-state index in [4.69, 9.17) is 4.74 Å². The summed E-state index contributed by atoms with van der Waals surface area (Å²) < 4.78 is 7.28. The Kier molecular flexibility index (Phi) is 5.34.